The maximum absolute atomic E-state index is 5.85. The van der Waals surface area contributed by atoms with Crippen LogP contribution < -0.4 is 5.73 Å². The van der Waals surface area contributed by atoms with Crippen molar-refractivity contribution in [2.45, 2.75) is 26.3 Å². The van der Waals surface area contributed by atoms with Crippen LogP contribution in [-0.4, -0.2) is 11.9 Å². The van der Waals surface area contributed by atoms with Crippen molar-refractivity contribution in [3.05, 3.63) is 34.9 Å². The number of benzene rings is 1. The maximum atomic E-state index is 5.85. The molecule has 2 N–H and O–H groups in total. The van der Waals surface area contributed by atoms with Gasteiger partial charge in [-0.15, -0.1) is 0 Å². The lowest BCUT2D eigenvalue weighted by Crippen LogP contribution is -2.17. The zero-order valence-corrected chi connectivity index (χ0v) is 9.25. The second-order valence-corrected chi connectivity index (χ2v) is 3.96. The summed E-state index contributed by atoms with van der Waals surface area (Å²) >= 11 is 5.85. The van der Waals surface area contributed by atoms with Gasteiger partial charge >= 0.3 is 0 Å². The third-order valence-electron chi connectivity index (χ3n) is 1.70. The first kappa shape index (κ1) is 11.1. The molecule has 1 aromatic carbocycles. The molecule has 0 amide bonds. The van der Waals surface area contributed by atoms with E-state index in [0.717, 1.165) is 10.6 Å². The highest BCUT2D eigenvalue weighted by Gasteiger charge is 1.98. The van der Waals surface area contributed by atoms with Gasteiger partial charge in [0.15, 0.2) is 0 Å². The average Bonchev–Trinajstić information content (AvgIpc) is 2.01. The molecule has 0 radical (unpaired) electrons. The number of nitrogens with two attached hydrogens (primary N) is 1. The summed E-state index contributed by atoms with van der Waals surface area (Å²) in [6.45, 7) is 4.01. The maximum Gasteiger partial charge on any atom is 0.0984 e. The molecule has 2 nitrogen and oxygen atoms in total. The molecule has 0 spiro atoms. The Morgan fingerprint density at radius 3 is 2.79 bits per heavy atom. The standard InChI is InChI=1S/C11H15ClN2/c1-8(2)14-11(13)7-9-4-3-5-10(12)6-9/h3-6,8H,7H2,1-2H3,(H2,13,14). The Morgan fingerprint density at radius 2 is 2.21 bits per heavy atom. The second kappa shape index (κ2) is 5.01. The topological polar surface area (TPSA) is 38.4 Å². The van der Waals surface area contributed by atoms with Gasteiger partial charge in [0.2, 0.25) is 0 Å². The van der Waals surface area contributed by atoms with Crippen LogP contribution >= 0.6 is 11.6 Å². The summed E-state index contributed by atoms with van der Waals surface area (Å²) in [5.74, 6) is 0.655. The van der Waals surface area contributed by atoms with Gasteiger partial charge in [-0.3, -0.25) is 4.99 Å². The van der Waals surface area contributed by atoms with Gasteiger partial charge in [0.1, 0.15) is 0 Å². The van der Waals surface area contributed by atoms with E-state index in [0.29, 0.717) is 12.3 Å². The van der Waals surface area contributed by atoms with E-state index >= 15 is 0 Å². The molecule has 0 aliphatic heterocycles. The molecule has 0 heterocycles. The van der Waals surface area contributed by atoms with Crippen LogP contribution in [0.1, 0.15) is 19.4 Å². The molecule has 1 rings (SSSR count). The minimum absolute atomic E-state index is 0.245. The first-order valence-corrected chi connectivity index (χ1v) is 5.02. The summed E-state index contributed by atoms with van der Waals surface area (Å²) in [4.78, 5) is 4.25. The second-order valence-electron chi connectivity index (χ2n) is 3.52. The summed E-state index contributed by atoms with van der Waals surface area (Å²) in [7, 11) is 0. The molecular formula is C11H15ClN2. The molecule has 0 aliphatic carbocycles. The van der Waals surface area contributed by atoms with Crippen LogP contribution in [0.2, 0.25) is 5.02 Å². The van der Waals surface area contributed by atoms with Crippen molar-refractivity contribution in [2.75, 3.05) is 0 Å². The Hall–Kier alpha value is -1.02. The molecule has 3 heteroatoms. The fourth-order valence-electron chi connectivity index (χ4n) is 1.23. The predicted octanol–water partition coefficient (Wildman–Crippen LogP) is 2.65. The number of nitrogens with zero attached hydrogens (tertiary/aromatic N) is 1. The van der Waals surface area contributed by atoms with Crippen LogP contribution in [0, 0.1) is 0 Å². The van der Waals surface area contributed by atoms with Crippen LogP contribution in [0.5, 0.6) is 0 Å². The van der Waals surface area contributed by atoms with Crippen molar-refractivity contribution in [3.8, 4) is 0 Å². The molecule has 0 saturated carbocycles. The number of rotatable bonds is 3. The lowest BCUT2D eigenvalue weighted by Gasteiger charge is -2.03. The van der Waals surface area contributed by atoms with E-state index in [4.69, 9.17) is 17.3 Å². The molecule has 0 fully saturated rings. The third kappa shape index (κ3) is 3.79. The van der Waals surface area contributed by atoms with E-state index in [1.165, 1.54) is 0 Å². The molecule has 1 aromatic rings. The van der Waals surface area contributed by atoms with E-state index in [9.17, 15) is 0 Å². The van der Waals surface area contributed by atoms with Crippen molar-refractivity contribution in [1.29, 1.82) is 0 Å². The molecule has 0 bridgehead atoms. The van der Waals surface area contributed by atoms with Gasteiger partial charge in [-0.05, 0) is 31.5 Å². The quantitative estimate of drug-likeness (QED) is 0.605. The molecule has 0 saturated heterocycles. The number of hydrogen-bond acceptors (Lipinski definition) is 1. The van der Waals surface area contributed by atoms with Crippen LogP contribution in [0.4, 0.5) is 0 Å². The normalized spacial score (nSPS) is 12.1. The highest BCUT2D eigenvalue weighted by atomic mass is 35.5. The van der Waals surface area contributed by atoms with Gasteiger partial charge in [0, 0.05) is 17.5 Å². The van der Waals surface area contributed by atoms with Gasteiger partial charge in [-0.25, -0.2) is 0 Å². The highest BCUT2D eigenvalue weighted by molar-refractivity contribution is 6.30. The molecular weight excluding hydrogens is 196 g/mol. The average molecular weight is 211 g/mol. The minimum atomic E-state index is 0.245. The predicted molar refractivity (Wildman–Crippen MR) is 61.9 cm³/mol. The first-order valence-electron chi connectivity index (χ1n) is 4.64. The summed E-state index contributed by atoms with van der Waals surface area (Å²) in [6.07, 6.45) is 0.665. The summed E-state index contributed by atoms with van der Waals surface area (Å²) in [5, 5.41) is 0.736. The van der Waals surface area contributed by atoms with E-state index in [1.807, 2.05) is 38.1 Å². The highest BCUT2D eigenvalue weighted by Crippen LogP contribution is 2.11. The largest absolute Gasteiger partial charge is 0.387 e. The third-order valence-corrected chi connectivity index (χ3v) is 1.93. The Balaban J connectivity index is 2.69. The fourth-order valence-corrected chi connectivity index (χ4v) is 1.45. The number of amidine groups is 1. The van der Waals surface area contributed by atoms with E-state index in [1.54, 1.807) is 0 Å². The minimum Gasteiger partial charge on any atom is -0.387 e. The first-order chi connectivity index (χ1) is 6.58. The van der Waals surface area contributed by atoms with Crippen molar-refractivity contribution >= 4 is 17.4 Å². The van der Waals surface area contributed by atoms with Gasteiger partial charge < -0.3 is 5.73 Å². The lowest BCUT2D eigenvalue weighted by molar-refractivity contribution is 0.829. The molecule has 14 heavy (non-hydrogen) atoms. The van der Waals surface area contributed by atoms with Gasteiger partial charge in [-0.2, -0.15) is 0 Å². The Kier molecular flexibility index (Phi) is 3.96. The van der Waals surface area contributed by atoms with E-state index < -0.39 is 0 Å². The number of hydrogen-bond donors (Lipinski definition) is 1. The molecule has 0 unspecified atom stereocenters. The van der Waals surface area contributed by atoms with E-state index in [-0.39, 0.29) is 6.04 Å². The zero-order chi connectivity index (χ0) is 10.6. The van der Waals surface area contributed by atoms with Gasteiger partial charge in [0.25, 0.3) is 0 Å². The van der Waals surface area contributed by atoms with Crippen LogP contribution in [0.25, 0.3) is 0 Å². The lowest BCUT2D eigenvalue weighted by atomic mass is 10.1. The van der Waals surface area contributed by atoms with Crippen molar-refractivity contribution in [2.24, 2.45) is 10.7 Å². The monoisotopic (exact) mass is 210 g/mol. The number of halogens is 1. The zero-order valence-electron chi connectivity index (χ0n) is 8.50. The molecule has 0 aliphatic rings. The van der Waals surface area contributed by atoms with Crippen LogP contribution in [0.15, 0.2) is 29.3 Å². The molecule has 76 valence electrons. The summed E-state index contributed by atoms with van der Waals surface area (Å²) in [5.41, 5.74) is 6.86. The van der Waals surface area contributed by atoms with Gasteiger partial charge in [0.05, 0.1) is 5.84 Å². The van der Waals surface area contributed by atoms with Crippen LogP contribution in [-0.2, 0) is 6.42 Å². The van der Waals surface area contributed by atoms with Gasteiger partial charge in [-0.1, -0.05) is 23.7 Å². The SMILES string of the molecule is CC(C)N=C(N)Cc1cccc(Cl)c1. The Bertz CT molecular complexity index is 332. The summed E-state index contributed by atoms with van der Waals surface area (Å²) < 4.78 is 0. The fraction of sp³-hybridized carbons (Fsp3) is 0.364. The Morgan fingerprint density at radius 1 is 1.50 bits per heavy atom. The summed E-state index contributed by atoms with van der Waals surface area (Å²) in [6, 6.07) is 7.91. The van der Waals surface area contributed by atoms with Crippen molar-refractivity contribution < 1.29 is 0 Å². The molecule has 0 atom stereocenters. The van der Waals surface area contributed by atoms with Crippen LogP contribution in [0.3, 0.4) is 0 Å². The van der Waals surface area contributed by atoms with Crippen molar-refractivity contribution in [1.82, 2.24) is 0 Å². The molecule has 0 aromatic heterocycles. The Labute approximate surface area is 89.8 Å². The van der Waals surface area contributed by atoms with Crippen molar-refractivity contribution in [3.63, 3.8) is 0 Å². The number of aliphatic imine (C=N–C) groups is 1. The van der Waals surface area contributed by atoms with E-state index in [2.05, 4.69) is 4.99 Å². The smallest absolute Gasteiger partial charge is 0.0984 e.